The lowest BCUT2D eigenvalue weighted by Gasteiger charge is -2.03. The Morgan fingerprint density at radius 1 is 1.33 bits per heavy atom. The average molecular weight is 187 g/mol. The molecule has 0 saturated carbocycles. The molecule has 0 aliphatic heterocycles. The van der Waals surface area contributed by atoms with Gasteiger partial charge in [0.2, 0.25) is 0 Å². The second-order valence-electron chi connectivity index (χ2n) is 2.34. The van der Waals surface area contributed by atoms with Crippen molar-refractivity contribution in [2.75, 3.05) is 0 Å². The van der Waals surface area contributed by atoms with E-state index in [4.69, 9.17) is 0 Å². The summed E-state index contributed by atoms with van der Waals surface area (Å²) in [5.74, 6) is 0.264. The predicted octanol–water partition coefficient (Wildman–Crippen LogP) is 0.577. The molecule has 66 valence electrons. The van der Waals surface area contributed by atoms with E-state index in [1.165, 1.54) is 0 Å². The lowest BCUT2D eigenvalue weighted by atomic mass is 10.2. The lowest BCUT2D eigenvalue weighted by Crippen LogP contribution is -2.19. The van der Waals surface area contributed by atoms with Gasteiger partial charge >= 0.3 is 10.3 Å². The number of hydrogen-bond acceptors (Lipinski definition) is 3. The highest BCUT2D eigenvalue weighted by molar-refractivity contribution is 7.84. The molecule has 0 fully saturated rings. The molecule has 2 N–H and O–H groups in total. The van der Waals surface area contributed by atoms with Crippen molar-refractivity contribution in [2.24, 2.45) is 5.14 Å². The van der Waals surface area contributed by atoms with Crippen molar-refractivity contribution in [3.05, 3.63) is 29.8 Å². The average Bonchev–Trinajstić information content (AvgIpc) is 1.91. The van der Waals surface area contributed by atoms with E-state index in [1.54, 1.807) is 31.2 Å². The van der Waals surface area contributed by atoms with Crippen molar-refractivity contribution in [1.29, 1.82) is 0 Å². The molecule has 5 heteroatoms. The Morgan fingerprint density at radius 2 is 1.92 bits per heavy atom. The van der Waals surface area contributed by atoms with Gasteiger partial charge in [-0.3, -0.25) is 0 Å². The molecular formula is C7H9NO3S. The van der Waals surface area contributed by atoms with Crippen LogP contribution in [0.4, 0.5) is 0 Å². The van der Waals surface area contributed by atoms with Gasteiger partial charge in [0, 0.05) is 0 Å². The summed E-state index contributed by atoms with van der Waals surface area (Å²) in [4.78, 5) is 0. The van der Waals surface area contributed by atoms with Crippen LogP contribution in [0.3, 0.4) is 0 Å². The molecule has 0 aliphatic carbocycles. The SMILES string of the molecule is Cc1ccccc1OS(N)(=O)=O. The highest BCUT2D eigenvalue weighted by Crippen LogP contribution is 2.16. The van der Waals surface area contributed by atoms with E-state index >= 15 is 0 Å². The van der Waals surface area contributed by atoms with Crippen molar-refractivity contribution >= 4 is 10.3 Å². The Morgan fingerprint density at radius 3 is 2.42 bits per heavy atom. The summed E-state index contributed by atoms with van der Waals surface area (Å²) in [5.41, 5.74) is 0.728. The minimum Gasteiger partial charge on any atom is -0.371 e. The number of para-hydroxylation sites is 1. The number of benzene rings is 1. The van der Waals surface area contributed by atoms with Crippen LogP contribution in [-0.2, 0) is 10.3 Å². The van der Waals surface area contributed by atoms with Gasteiger partial charge in [0.05, 0.1) is 0 Å². The van der Waals surface area contributed by atoms with Crippen molar-refractivity contribution in [2.45, 2.75) is 6.92 Å². The van der Waals surface area contributed by atoms with Crippen LogP contribution in [0.5, 0.6) is 5.75 Å². The zero-order valence-corrected chi connectivity index (χ0v) is 7.34. The zero-order chi connectivity index (χ0) is 9.19. The van der Waals surface area contributed by atoms with Crippen LogP contribution in [0.15, 0.2) is 24.3 Å². The first-order valence-corrected chi connectivity index (χ1v) is 4.74. The van der Waals surface area contributed by atoms with Crippen LogP contribution in [0.1, 0.15) is 5.56 Å². The van der Waals surface area contributed by atoms with E-state index in [1.807, 2.05) is 0 Å². The maximum Gasteiger partial charge on any atom is 0.380 e. The summed E-state index contributed by atoms with van der Waals surface area (Å²) in [5, 5.41) is 4.69. The fourth-order valence-corrected chi connectivity index (χ4v) is 1.21. The van der Waals surface area contributed by atoms with Crippen LogP contribution in [0.25, 0.3) is 0 Å². The molecule has 0 atom stereocenters. The highest BCUT2D eigenvalue weighted by atomic mass is 32.2. The molecule has 0 spiro atoms. The predicted molar refractivity (Wildman–Crippen MR) is 44.9 cm³/mol. The Bertz CT molecular complexity index is 372. The molecule has 0 unspecified atom stereocenters. The van der Waals surface area contributed by atoms with Gasteiger partial charge in [-0.2, -0.15) is 13.6 Å². The van der Waals surface area contributed by atoms with E-state index in [-0.39, 0.29) is 5.75 Å². The van der Waals surface area contributed by atoms with Crippen LogP contribution in [-0.4, -0.2) is 8.42 Å². The van der Waals surface area contributed by atoms with Crippen molar-refractivity contribution in [3.8, 4) is 5.75 Å². The molecule has 0 heterocycles. The fraction of sp³-hybridized carbons (Fsp3) is 0.143. The zero-order valence-electron chi connectivity index (χ0n) is 6.52. The maximum atomic E-state index is 10.5. The van der Waals surface area contributed by atoms with E-state index in [2.05, 4.69) is 9.32 Å². The molecule has 4 nitrogen and oxygen atoms in total. The quantitative estimate of drug-likeness (QED) is 0.736. The molecule has 0 saturated heterocycles. The molecule has 1 aromatic carbocycles. The summed E-state index contributed by atoms with van der Waals surface area (Å²) in [6.45, 7) is 1.74. The molecule has 0 aromatic heterocycles. The van der Waals surface area contributed by atoms with Crippen molar-refractivity contribution in [1.82, 2.24) is 0 Å². The summed E-state index contributed by atoms with van der Waals surface area (Å²) in [6.07, 6.45) is 0. The van der Waals surface area contributed by atoms with Gasteiger partial charge in [-0.25, -0.2) is 0 Å². The summed E-state index contributed by atoms with van der Waals surface area (Å²) in [7, 11) is -3.90. The summed E-state index contributed by atoms with van der Waals surface area (Å²) < 4.78 is 25.5. The molecule has 1 aromatic rings. The smallest absolute Gasteiger partial charge is 0.371 e. The molecule has 12 heavy (non-hydrogen) atoms. The number of nitrogens with two attached hydrogens (primary N) is 1. The van der Waals surface area contributed by atoms with Gasteiger partial charge < -0.3 is 4.18 Å². The molecule has 0 amide bonds. The van der Waals surface area contributed by atoms with Crippen LogP contribution < -0.4 is 9.32 Å². The third-order valence-corrected chi connectivity index (χ3v) is 1.71. The van der Waals surface area contributed by atoms with Gasteiger partial charge in [-0.05, 0) is 18.6 Å². The first kappa shape index (κ1) is 9.02. The second-order valence-corrected chi connectivity index (χ2v) is 3.49. The number of hydrogen-bond donors (Lipinski definition) is 1. The molecular weight excluding hydrogens is 178 g/mol. The third kappa shape index (κ3) is 2.52. The minimum atomic E-state index is -3.90. The van der Waals surface area contributed by atoms with E-state index in [0.29, 0.717) is 0 Å². The Labute approximate surface area is 71.2 Å². The molecule has 1 rings (SSSR count). The van der Waals surface area contributed by atoms with Crippen molar-refractivity contribution in [3.63, 3.8) is 0 Å². The Hall–Kier alpha value is -1.07. The van der Waals surface area contributed by atoms with E-state index in [9.17, 15) is 8.42 Å². The molecule has 0 bridgehead atoms. The third-order valence-electron chi connectivity index (χ3n) is 1.30. The Balaban J connectivity index is 2.98. The molecule has 0 radical (unpaired) electrons. The van der Waals surface area contributed by atoms with Crippen LogP contribution >= 0.6 is 0 Å². The lowest BCUT2D eigenvalue weighted by molar-refractivity contribution is 0.486. The normalized spacial score (nSPS) is 11.2. The highest BCUT2D eigenvalue weighted by Gasteiger charge is 2.05. The minimum absolute atomic E-state index is 0.264. The largest absolute Gasteiger partial charge is 0.380 e. The monoisotopic (exact) mass is 187 g/mol. The second kappa shape index (κ2) is 3.12. The van der Waals surface area contributed by atoms with Crippen molar-refractivity contribution < 1.29 is 12.6 Å². The van der Waals surface area contributed by atoms with E-state index < -0.39 is 10.3 Å². The van der Waals surface area contributed by atoms with Gasteiger partial charge in [0.25, 0.3) is 0 Å². The number of rotatable bonds is 2. The fourth-order valence-electron chi connectivity index (χ4n) is 0.775. The van der Waals surface area contributed by atoms with Gasteiger partial charge in [0.1, 0.15) is 5.75 Å². The van der Waals surface area contributed by atoms with Gasteiger partial charge in [-0.1, -0.05) is 18.2 Å². The van der Waals surface area contributed by atoms with Gasteiger partial charge in [0.15, 0.2) is 0 Å². The van der Waals surface area contributed by atoms with Crippen LogP contribution in [0, 0.1) is 6.92 Å². The number of aryl methyl sites for hydroxylation is 1. The summed E-state index contributed by atoms with van der Waals surface area (Å²) in [6, 6.07) is 6.74. The molecule has 0 aliphatic rings. The first-order valence-electron chi connectivity index (χ1n) is 3.27. The van der Waals surface area contributed by atoms with Gasteiger partial charge in [-0.15, -0.1) is 0 Å². The summed E-state index contributed by atoms with van der Waals surface area (Å²) >= 11 is 0. The van der Waals surface area contributed by atoms with E-state index in [0.717, 1.165) is 5.56 Å². The maximum absolute atomic E-state index is 10.5. The standard InChI is InChI=1S/C7H9NO3S/c1-6-4-2-3-5-7(6)11-12(8,9)10/h2-5H,1H3,(H2,8,9,10). The topological polar surface area (TPSA) is 69.4 Å². The Kier molecular flexibility index (Phi) is 2.35. The van der Waals surface area contributed by atoms with Crippen LogP contribution in [0.2, 0.25) is 0 Å². The first-order chi connectivity index (χ1) is 5.49.